The van der Waals surface area contributed by atoms with Crippen molar-refractivity contribution in [3.8, 4) is 0 Å². The molecule has 0 amide bonds. The first-order valence-electron chi connectivity index (χ1n) is 3.24. The van der Waals surface area contributed by atoms with Gasteiger partial charge in [-0.25, -0.2) is 0 Å². The van der Waals surface area contributed by atoms with Gasteiger partial charge in [0.25, 0.3) is 0 Å². The Morgan fingerprint density at radius 2 is 2.42 bits per heavy atom. The molecule has 2 unspecified atom stereocenters. The van der Waals surface area contributed by atoms with E-state index in [0.29, 0.717) is 13.0 Å². The number of hydrogen-bond acceptors (Lipinski definition) is 3. The van der Waals surface area contributed by atoms with E-state index < -0.39 is 12.0 Å². The van der Waals surface area contributed by atoms with Crippen LogP contribution in [0.25, 0.3) is 10.4 Å². The van der Waals surface area contributed by atoms with Crippen LogP contribution in [-0.4, -0.2) is 29.7 Å². The maximum Gasteiger partial charge on any atom is 0.320 e. The van der Waals surface area contributed by atoms with Gasteiger partial charge in [-0.3, -0.25) is 4.79 Å². The molecule has 1 aliphatic heterocycles. The van der Waals surface area contributed by atoms with Gasteiger partial charge in [0.05, 0.1) is 6.04 Å². The molecule has 0 radical (unpaired) electrons. The molecule has 7 heteroatoms. The molecule has 0 bridgehead atoms. The second-order valence-corrected chi connectivity index (χ2v) is 2.39. The molecule has 1 rings (SSSR count). The Morgan fingerprint density at radius 1 is 1.75 bits per heavy atom. The summed E-state index contributed by atoms with van der Waals surface area (Å²) in [5.74, 6) is -0.888. The Hall–Kier alpha value is -0.970. The van der Waals surface area contributed by atoms with Crippen LogP contribution in [0.2, 0.25) is 0 Å². The SMILES string of the molecule is Cl.[N-]=[N+]=NC1CNC(C(=O)O)C1. The molecular formula is C5H9ClN4O2. The van der Waals surface area contributed by atoms with E-state index in [2.05, 4.69) is 15.3 Å². The number of carbonyl (C=O) groups is 1. The Kier molecular flexibility index (Phi) is 4.43. The summed E-state index contributed by atoms with van der Waals surface area (Å²) in [5, 5.41) is 14.6. The minimum atomic E-state index is -0.888. The fourth-order valence-electron chi connectivity index (χ4n) is 1.07. The Bertz CT molecular complexity index is 207. The van der Waals surface area contributed by atoms with E-state index in [-0.39, 0.29) is 18.4 Å². The van der Waals surface area contributed by atoms with Crippen LogP contribution < -0.4 is 5.32 Å². The van der Waals surface area contributed by atoms with Crippen molar-refractivity contribution in [2.24, 2.45) is 5.11 Å². The molecule has 0 aliphatic carbocycles. The van der Waals surface area contributed by atoms with Crippen LogP contribution in [0.15, 0.2) is 5.11 Å². The van der Waals surface area contributed by atoms with Crippen LogP contribution in [-0.2, 0) is 4.79 Å². The van der Waals surface area contributed by atoms with Crippen LogP contribution in [0.1, 0.15) is 6.42 Å². The van der Waals surface area contributed by atoms with Crippen molar-refractivity contribution < 1.29 is 9.90 Å². The van der Waals surface area contributed by atoms with Crippen molar-refractivity contribution in [1.82, 2.24) is 5.32 Å². The highest BCUT2D eigenvalue weighted by molar-refractivity contribution is 5.85. The third-order valence-corrected chi connectivity index (χ3v) is 1.62. The first-order chi connectivity index (χ1) is 5.24. The smallest absolute Gasteiger partial charge is 0.320 e. The summed E-state index contributed by atoms with van der Waals surface area (Å²) in [5.41, 5.74) is 8.03. The van der Waals surface area contributed by atoms with Gasteiger partial charge in [-0.15, -0.1) is 12.4 Å². The summed E-state index contributed by atoms with van der Waals surface area (Å²) in [6.07, 6.45) is 0.388. The lowest BCUT2D eigenvalue weighted by atomic mass is 10.2. The van der Waals surface area contributed by atoms with Gasteiger partial charge in [0.1, 0.15) is 6.04 Å². The Balaban J connectivity index is 0.00000121. The van der Waals surface area contributed by atoms with Gasteiger partial charge in [0.2, 0.25) is 0 Å². The molecule has 0 aromatic heterocycles. The Morgan fingerprint density at radius 3 is 2.83 bits per heavy atom. The van der Waals surface area contributed by atoms with Gasteiger partial charge in [0, 0.05) is 11.5 Å². The lowest BCUT2D eigenvalue weighted by molar-refractivity contribution is -0.139. The normalized spacial score (nSPS) is 27.0. The number of carboxylic acids is 1. The van der Waals surface area contributed by atoms with Crippen LogP contribution in [0, 0.1) is 0 Å². The largest absolute Gasteiger partial charge is 0.480 e. The van der Waals surface area contributed by atoms with E-state index >= 15 is 0 Å². The summed E-state index contributed by atoms with van der Waals surface area (Å²) in [7, 11) is 0. The number of nitrogens with zero attached hydrogens (tertiary/aromatic N) is 3. The van der Waals surface area contributed by atoms with Crippen molar-refractivity contribution in [3.05, 3.63) is 10.4 Å². The second-order valence-electron chi connectivity index (χ2n) is 2.39. The summed E-state index contributed by atoms with van der Waals surface area (Å²) < 4.78 is 0. The van der Waals surface area contributed by atoms with Gasteiger partial charge in [-0.2, -0.15) is 0 Å². The van der Waals surface area contributed by atoms with Crippen LogP contribution >= 0.6 is 12.4 Å². The standard InChI is InChI=1S/C5H8N4O2.ClH/c6-9-8-3-1-4(5(10)11)7-2-3;/h3-4,7H,1-2H2,(H,10,11);1H. The molecule has 2 N–H and O–H groups in total. The topological polar surface area (TPSA) is 98.1 Å². The summed E-state index contributed by atoms with van der Waals surface area (Å²) in [6, 6.07) is -0.758. The number of rotatable bonds is 2. The predicted octanol–water partition coefficient (Wildman–Crippen LogP) is 0.534. The number of hydrogen-bond donors (Lipinski definition) is 2. The number of azide groups is 1. The first kappa shape index (κ1) is 11.0. The number of halogens is 1. The Labute approximate surface area is 75.0 Å². The molecule has 68 valence electrons. The molecule has 1 heterocycles. The van der Waals surface area contributed by atoms with Crippen LogP contribution in [0.4, 0.5) is 0 Å². The molecule has 0 aromatic carbocycles. The van der Waals surface area contributed by atoms with E-state index in [1.54, 1.807) is 0 Å². The van der Waals surface area contributed by atoms with E-state index in [9.17, 15) is 4.79 Å². The second kappa shape index (κ2) is 4.82. The van der Waals surface area contributed by atoms with Gasteiger partial charge < -0.3 is 10.4 Å². The monoisotopic (exact) mass is 192 g/mol. The fraction of sp³-hybridized carbons (Fsp3) is 0.800. The average Bonchev–Trinajstić information content (AvgIpc) is 2.37. The average molecular weight is 193 g/mol. The van der Waals surface area contributed by atoms with Crippen LogP contribution in [0.5, 0.6) is 0 Å². The molecule has 2 atom stereocenters. The molecule has 6 nitrogen and oxygen atoms in total. The summed E-state index contributed by atoms with van der Waals surface area (Å²) in [4.78, 5) is 13.0. The third kappa shape index (κ3) is 2.58. The molecule has 12 heavy (non-hydrogen) atoms. The number of nitrogens with one attached hydrogen (secondary N) is 1. The molecule has 1 saturated heterocycles. The first-order valence-corrected chi connectivity index (χ1v) is 3.24. The van der Waals surface area contributed by atoms with Crippen LogP contribution in [0.3, 0.4) is 0 Å². The van der Waals surface area contributed by atoms with E-state index in [4.69, 9.17) is 10.6 Å². The fourth-order valence-corrected chi connectivity index (χ4v) is 1.07. The highest BCUT2D eigenvalue weighted by Crippen LogP contribution is 2.09. The molecular weight excluding hydrogens is 184 g/mol. The third-order valence-electron chi connectivity index (χ3n) is 1.62. The summed E-state index contributed by atoms with van der Waals surface area (Å²) >= 11 is 0. The zero-order chi connectivity index (χ0) is 8.27. The highest BCUT2D eigenvalue weighted by Gasteiger charge is 2.27. The van der Waals surface area contributed by atoms with E-state index in [1.807, 2.05) is 0 Å². The van der Waals surface area contributed by atoms with Gasteiger partial charge in [-0.05, 0) is 12.0 Å². The minimum absolute atomic E-state index is 0. The van der Waals surface area contributed by atoms with Crippen molar-refractivity contribution in [2.75, 3.05) is 6.54 Å². The number of carboxylic acid groups (broad SMARTS) is 1. The molecule has 1 fully saturated rings. The lowest BCUT2D eigenvalue weighted by Gasteiger charge is -2.00. The van der Waals surface area contributed by atoms with E-state index in [0.717, 1.165) is 0 Å². The minimum Gasteiger partial charge on any atom is -0.480 e. The van der Waals surface area contributed by atoms with Gasteiger partial charge in [-0.1, -0.05) is 5.11 Å². The van der Waals surface area contributed by atoms with Gasteiger partial charge >= 0.3 is 5.97 Å². The molecule has 0 saturated carbocycles. The zero-order valence-corrected chi connectivity index (χ0v) is 6.99. The number of aliphatic carboxylic acids is 1. The zero-order valence-electron chi connectivity index (χ0n) is 6.17. The predicted molar refractivity (Wildman–Crippen MR) is 44.2 cm³/mol. The molecule has 0 aromatic rings. The van der Waals surface area contributed by atoms with Gasteiger partial charge in [0.15, 0.2) is 0 Å². The van der Waals surface area contributed by atoms with Crippen molar-refractivity contribution in [3.63, 3.8) is 0 Å². The van der Waals surface area contributed by atoms with E-state index in [1.165, 1.54) is 0 Å². The summed E-state index contributed by atoms with van der Waals surface area (Å²) in [6.45, 7) is 0.459. The van der Waals surface area contributed by atoms with Crippen molar-refractivity contribution in [1.29, 1.82) is 0 Å². The van der Waals surface area contributed by atoms with Crippen molar-refractivity contribution >= 4 is 18.4 Å². The molecule has 0 spiro atoms. The quantitative estimate of drug-likeness (QED) is 0.379. The maximum atomic E-state index is 10.4. The highest BCUT2D eigenvalue weighted by atomic mass is 35.5. The maximum absolute atomic E-state index is 10.4. The molecule has 1 aliphatic rings. The lowest BCUT2D eigenvalue weighted by Crippen LogP contribution is -2.29. The van der Waals surface area contributed by atoms with Crippen molar-refractivity contribution in [2.45, 2.75) is 18.5 Å².